The van der Waals surface area contributed by atoms with Crippen LogP contribution in [0.3, 0.4) is 0 Å². The van der Waals surface area contributed by atoms with Crippen LogP contribution in [-0.4, -0.2) is 27.5 Å². The standard InChI is InChI=1S/C22H23N5O3/c1-3-29-18-11-7-5-9-16(18)12-13-20(28)30-14-19-25-21(23)27-22(26-19)24-17-10-6-4-8-15(17)2/h4-13H,3,14H2,1-2H3,(H3,23,24,25,26,27)/b13-12+. The molecule has 1 heterocycles. The molecule has 0 aliphatic rings. The number of carbonyl (C=O) groups excluding carboxylic acids is 1. The summed E-state index contributed by atoms with van der Waals surface area (Å²) in [6.07, 6.45) is 2.97. The van der Waals surface area contributed by atoms with Gasteiger partial charge >= 0.3 is 5.97 Å². The smallest absolute Gasteiger partial charge is 0.331 e. The highest BCUT2D eigenvalue weighted by molar-refractivity contribution is 5.87. The number of esters is 1. The lowest BCUT2D eigenvalue weighted by atomic mass is 10.2. The molecule has 8 nitrogen and oxygen atoms in total. The molecule has 3 rings (SSSR count). The summed E-state index contributed by atoms with van der Waals surface area (Å²) in [5, 5.41) is 3.10. The fourth-order valence-corrected chi connectivity index (χ4v) is 2.64. The number of anilines is 3. The van der Waals surface area contributed by atoms with Gasteiger partial charge in [0.05, 0.1) is 6.61 Å². The molecule has 0 radical (unpaired) electrons. The number of nitrogen functional groups attached to an aromatic ring is 1. The number of aryl methyl sites for hydroxylation is 1. The molecule has 0 aliphatic carbocycles. The van der Waals surface area contributed by atoms with Crippen LogP contribution in [0.4, 0.5) is 17.6 Å². The largest absolute Gasteiger partial charge is 0.493 e. The van der Waals surface area contributed by atoms with E-state index in [1.165, 1.54) is 6.08 Å². The van der Waals surface area contributed by atoms with Crippen LogP contribution in [0.2, 0.25) is 0 Å². The minimum absolute atomic E-state index is 0.0355. The van der Waals surface area contributed by atoms with Gasteiger partial charge in [-0.05, 0) is 37.6 Å². The summed E-state index contributed by atoms with van der Waals surface area (Å²) in [4.78, 5) is 24.5. The molecule has 30 heavy (non-hydrogen) atoms. The Morgan fingerprint density at radius 3 is 2.67 bits per heavy atom. The normalized spacial score (nSPS) is 10.7. The number of aromatic nitrogens is 3. The predicted octanol–water partition coefficient (Wildman–Crippen LogP) is 3.66. The van der Waals surface area contributed by atoms with Crippen molar-refractivity contribution in [1.29, 1.82) is 0 Å². The molecule has 0 unspecified atom stereocenters. The molecule has 3 aromatic rings. The van der Waals surface area contributed by atoms with E-state index in [2.05, 4.69) is 20.3 Å². The van der Waals surface area contributed by atoms with E-state index in [0.29, 0.717) is 12.4 Å². The first-order chi connectivity index (χ1) is 14.5. The number of carbonyl (C=O) groups is 1. The first-order valence-corrected chi connectivity index (χ1v) is 9.45. The van der Waals surface area contributed by atoms with Crippen molar-refractivity contribution < 1.29 is 14.3 Å². The van der Waals surface area contributed by atoms with Crippen LogP contribution in [0.15, 0.2) is 54.6 Å². The van der Waals surface area contributed by atoms with E-state index in [9.17, 15) is 4.79 Å². The Bertz CT molecular complexity index is 1050. The molecule has 154 valence electrons. The fraction of sp³-hybridized carbons (Fsp3) is 0.182. The van der Waals surface area contributed by atoms with Crippen molar-refractivity contribution >= 4 is 29.6 Å². The van der Waals surface area contributed by atoms with E-state index in [4.69, 9.17) is 15.2 Å². The van der Waals surface area contributed by atoms with E-state index >= 15 is 0 Å². The molecule has 3 N–H and O–H groups in total. The van der Waals surface area contributed by atoms with Crippen molar-refractivity contribution in [2.45, 2.75) is 20.5 Å². The summed E-state index contributed by atoms with van der Waals surface area (Å²) in [6.45, 7) is 4.27. The summed E-state index contributed by atoms with van der Waals surface area (Å²) < 4.78 is 10.8. The molecule has 2 aromatic carbocycles. The second-order valence-electron chi connectivity index (χ2n) is 6.29. The second-order valence-corrected chi connectivity index (χ2v) is 6.29. The van der Waals surface area contributed by atoms with Gasteiger partial charge in [-0.1, -0.05) is 36.4 Å². The quantitative estimate of drug-likeness (QED) is 0.431. The Morgan fingerprint density at radius 1 is 1.10 bits per heavy atom. The van der Waals surface area contributed by atoms with Crippen molar-refractivity contribution in [2.75, 3.05) is 17.7 Å². The van der Waals surface area contributed by atoms with E-state index in [1.54, 1.807) is 6.08 Å². The average Bonchev–Trinajstić information content (AvgIpc) is 2.73. The van der Waals surface area contributed by atoms with Gasteiger partial charge in [0.2, 0.25) is 11.9 Å². The number of nitrogens with two attached hydrogens (primary N) is 1. The Hall–Kier alpha value is -3.94. The van der Waals surface area contributed by atoms with Crippen molar-refractivity contribution in [3.8, 4) is 5.75 Å². The number of hydrogen-bond acceptors (Lipinski definition) is 8. The lowest BCUT2D eigenvalue weighted by Gasteiger charge is -2.09. The van der Waals surface area contributed by atoms with E-state index < -0.39 is 5.97 Å². The molecule has 0 saturated heterocycles. The number of nitrogens with one attached hydrogen (secondary N) is 1. The zero-order chi connectivity index (χ0) is 21.3. The van der Waals surface area contributed by atoms with Crippen molar-refractivity contribution in [1.82, 2.24) is 15.0 Å². The van der Waals surface area contributed by atoms with Gasteiger partial charge in [-0.25, -0.2) is 4.79 Å². The third-order valence-corrected chi connectivity index (χ3v) is 4.05. The molecule has 0 spiro atoms. The first-order valence-electron chi connectivity index (χ1n) is 9.45. The number of ether oxygens (including phenoxy) is 2. The Balaban J connectivity index is 1.63. The summed E-state index contributed by atoms with van der Waals surface area (Å²) in [7, 11) is 0. The molecule has 8 heteroatoms. The lowest BCUT2D eigenvalue weighted by Crippen LogP contribution is -2.10. The van der Waals surface area contributed by atoms with Gasteiger partial charge < -0.3 is 20.5 Å². The molecule has 0 aliphatic heterocycles. The maximum absolute atomic E-state index is 12.1. The third kappa shape index (κ3) is 5.78. The minimum atomic E-state index is -0.534. The lowest BCUT2D eigenvalue weighted by molar-refractivity contribution is -0.139. The monoisotopic (exact) mass is 405 g/mol. The zero-order valence-electron chi connectivity index (χ0n) is 16.8. The molecule has 0 saturated carbocycles. The van der Waals surface area contributed by atoms with Crippen LogP contribution in [0.5, 0.6) is 5.75 Å². The van der Waals surface area contributed by atoms with E-state index in [1.807, 2.05) is 62.4 Å². The topological polar surface area (TPSA) is 112 Å². The Kier molecular flexibility index (Phi) is 6.94. The van der Waals surface area contributed by atoms with Crippen LogP contribution in [-0.2, 0) is 16.1 Å². The number of hydrogen-bond donors (Lipinski definition) is 2. The van der Waals surface area contributed by atoms with Crippen molar-refractivity contribution in [2.24, 2.45) is 0 Å². The first kappa shape index (κ1) is 20.8. The van der Waals surface area contributed by atoms with Crippen LogP contribution < -0.4 is 15.8 Å². The highest BCUT2D eigenvalue weighted by Crippen LogP contribution is 2.20. The summed E-state index contributed by atoms with van der Waals surface area (Å²) >= 11 is 0. The highest BCUT2D eigenvalue weighted by Gasteiger charge is 2.08. The van der Waals surface area contributed by atoms with Crippen molar-refractivity contribution in [3.05, 3.63) is 71.6 Å². The molecule has 0 bridgehead atoms. The maximum Gasteiger partial charge on any atom is 0.331 e. The van der Waals surface area contributed by atoms with Gasteiger partial charge in [0.1, 0.15) is 5.75 Å². The van der Waals surface area contributed by atoms with Gasteiger partial charge in [0.15, 0.2) is 12.4 Å². The summed E-state index contributed by atoms with van der Waals surface area (Å²) in [6, 6.07) is 15.1. The van der Waals surface area contributed by atoms with Gasteiger partial charge in [-0.15, -0.1) is 0 Å². The molecule has 0 amide bonds. The number of benzene rings is 2. The van der Waals surface area contributed by atoms with Crippen molar-refractivity contribution in [3.63, 3.8) is 0 Å². The molecular formula is C22H23N5O3. The van der Waals surface area contributed by atoms with Crippen LogP contribution in [0.25, 0.3) is 6.08 Å². The zero-order valence-corrected chi connectivity index (χ0v) is 16.8. The molecule has 0 atom stereocenters. The molecule has 0 fully saturated rings. The Morgan fingerprint density at radius 2 is 1.87 bits per heavy atom. The predicted molar refractivity (Wildman–Crippen MR) is 115 cm³/mol. The van der Waals surface area contributed by atoms with Crippen LogP contribution >= 0.6 is 0 Å². The van der Waals surface area contributed by atoms with E-state index in [-0.39, 0.29) is 24.3 Å². The molecular weight excluding hydrogens is 382 g/mol. The summed E-state index contributed by atoms with van der Waals surface area (Å²) in [5.74, 6) is 0.724. The number of rotatable bonds is 8. The van der Waals surface area contributed by atoms with Gasteiger partial charge in [-0.3, -0.25) is 0 Å². The average molecular weight is 405 g/mol. The van der Waals surface area contributed by atoms with Gasteiger partial charge in [-0.2, -0.15) is 15.0 Å². The fourth-order valence-electron chi connectivity index (χ4n) is 2.64. The number of para-hydroxylation sites is 2. The second kappa shape index (κ2) is 10.0. The summed E-state index contributed by atoms with van der Waals surface area (Å²) in [5.41, 5.74) is 8.43. The highest BCUT2D eigenvalue weighted by atomic mass is 16.5. The van der Waals surface area contributed by atoms with Crippen LogP contribution in [0.1, 0.15) is 23.9 Å². The van der Waals surface area contributed by atoms with Gasteiger partial charge in [0, 0.05) is 17.3 Å². The maximum atomic E-state index is 12.1. The van der Waals surface area contributed by atoms with Gasteiger partial charge in [0.25, 0.3) is 0 Å². The minimum Gasteiger partial charge on any atom is -0.493 e. The number of nitrogens with zero attached hydrogens (tertiary/aromatic N) is 3. The Labute approximate surface area is 174 Å². The molecule has 1 aromatic heterocycles. The SMILES string of the molecule is CCOc1ccccc1/C=C/C(=O)OCc1nc(N)nc(Nc2ccccc2C)n1. The van der Waals surface area contributed by atoms with Crippen LogP contribution in [0, 0.1) is 6.92 Å². The third-order valence-electron chi connectivity index (χ3n) is 4.05. The van der Waals surface area contributed by atoms with E-state index in [0.717, 1.165) is 16.8 Å².